The topological polar surface area (TPSA) is 100 Å². The summed E-state index contributed by atoms with van der Waals surface area (Å²) in [6, 6.07) is 14.1. The largest absolute Gasteiger partial charge is 0.373 e. The maximum absolute atomic E-state index is 11.3. The number of aromatic nitrogens is 3. The Morgan fingerprint density at radius 3 is 2.66 bits per heavy atom. The summed E-state index contributed by atoms with van der Waals surface area (Å²) >= 11 is 0. The zero-order chi connectivity index (χ0) is 21.9. The first-order chi connectivity index (χ1) is 15.7. The predicted molar refractivity (Wildman–Crippen MR) is 122 cm³/mol. The Morgan fingerprint density at radius 2 is 1.94 bits per heavy atom. The summed E-state index contributed by atoms with van der Waals surface area (Å²) in [6.07, 6.45) is 3.60. The Morgan fingerprint density at radius 1 is 1.12 bits per heavy atom. The zero-order valence-corrected chi connectivity index (χ0v) is 18.0. The molecule has 2 aliphatic rings. The van der Waals surface area contributed by atoms with Gasteiger partial charge in [-0.3, -0.25) is 14.8 Å². The Balaban J connectivity index is 1.16. The van der Waals surface area contributed by atoms with Crippen LogP contribution in [0.25, 0.3) is 11.4 Å². The van der Waals surface area contributed by atoms with E-state index < -0.39 is 0 Å². The molecule has 166 valence electrons. The van der Waals surface area contributed by atoms with Gasteiger partial charge >= 0.3 is 0 Å². The number of anilines is 1. The van der Waals surface area contributed by atoms with Crippen molar-refractivity contribution >= 4 is 11.6 Å². The lowest BCUT2D eigenvalue weighted by molar-refractivity contribution is 0.0289. The minimum atomic E-state index is -0.387. The second-order valence-corrected chi connectivity index (χ2v) is 8.39. The highest BCUT2D eigenvalue weighted by molar-refractivity contribution is 5.93. The maximum atomic E-state index is 11.3. The lowest BCUT2D eigenvalue weighted by Crippen LogP contribution is -2.47. The average Bonchev–Trinajstić information content (AvgIpc) is 3.38. The van der Waals surface area contributed by atoms with Gasteiger partial charge in [-0.05, 0) is 54.3 Å². The highest BCUT2D eigenvalue weighted by Gasteiger charge is 2.24. The summed E-state index contributed by atoms with van der Waals surface area (Å²) in [5.74, 6) is 0.417. The molecule has 3 heterocycles. The SMILES string of the molecule is NC(=O)c1ccc(N2CCN(CCC3OCCc4cc(-c5ncn[nH]5)ccc43)CC2)cc1. The molecule has 3 N–H and O–H groups in total. The monoisotopic (exact) mass is 432 g/mol. The van der Waals surface area contributed by atoms with Gasteiger partial charge < -0.3 is 15.4 Å². The first-order valence-electron chi connectivity index (χ1n) is 11.1. The van der Waals surface area contributed by atoms with E-state index in [0.717, 1.165) is 69.2 Å². The third-order valence-corrected chi connectivity index (χ3v) is 6.47. The molecule has 1 unspecified atom stereocenters. The second kappa shape index (κ2) is 9.10. The van der Waals surface area contributed by atoms with Crippen LogP contribution >= 0.6 is 0 Å². The van der Waals surface area contributed by atoms with Crippen molar-refractivity contribution in [1.29, 1.82) is 0 Å². The first-order valence-corrected chi connectivity index (χ1v) is 11.1. The van der Waals surface area contributed by atoms with Crippen molar-refractivity contribution in [1.82, 2.24) is 20.1 Å². The van der Waals surface area contributed by atoms with Crippen molar-refractivity contribution in [2.75, 3.05) is 44.2 Å². The predicted octanol–water partition coefficient (Wildman–Crippen LogP) is 2.40. The average molecular weight is 433 g/mol. The number of rotatable bonds is 6. The fourth-order valence-corrected chi connectivity index (χ4v) is 4.63. The van der Waals surface area contributed by atoms with Gasteiger partial charge in [-0.25, -0.2) is 4.98 Å². The number of nitrogens with one attached hydrogen (secondary N) is 1. The minimum absolute atomic E-state index is 0.141. The number of carbonyl (C=O) groups excluding carboxylic acids is 1. The number of benzene rings is 2. The molecule has 8 nitrogen and oxygen atoms in total. The zero-order valence-electron chi connectivity index (χ0n) is 18.0. The van der Waals surface area contributed by atoms with E-state index in [9.17, 15) is 4.79 Å². The van der Waals surface area contributed by atoms with Gasteiger partial charge in [0.1, 0.15) is 6.33 Å². The molecule has 2 aromatic carbocycles. The van der Waals surface area contributed by atoms with E-state index in [1.54, 1.807) is 12.1 Å². The normalized spacial score (nSPS) is 19.0. The van der Waals surface area contributed by atoms with Crippen LogP contribution in [0.5, 0.6) is 0 Å². The van der Waals surface area contributed by atoms with Crippen LogP contribution in [0.1, 0.15) is 34.0 Å². The molecule has 32 heavy (non-hydrogen) atoms. The van der Waals surface area contributed by atoms with Crippen molar-refractivity contribution < 1.29 is 9.53 Å². The Bertz CT molecular complexity index is 1060. The molecule has 5 rings (SSSR count). The van der Waals surface area contributed by atoms with Gasteiger partial charge in [0.25, 0.3) is 0 Å². The van der Waals surface area contributed by atoms with E-state index in [4.69, 9.17) is 10.5 Å². The molecule has 3 aromatic rings. The molecular weight excluding hydrogens is 404 g/mol. The van der Waals surface area contributed by atoms with E-state index in [0.29, 0.717) is 5.56 Å². The Hall–Kier alpha value is -3.23. The van der Waals surface area contributed by atoms with Crippen molar-refractivity contribution in [3.8, 4) is 11.4 Å². The smallest absolute Gasteiger partial charge is 0.248 e. The molecule has 1 saturated heterocycles. The number of primary amides is 1. The molecule has 1 atom stereocenters. The van der Waals surface area contributed by atoms with E-state index in [-0.39, 0.29) is 12.0 Å². The summed E-state index contributed by atoms with van der Waals surface area (Å²) in [4.78, 5) is 20.4. The number of carbonyl (C=O) groups is 1. The number of nitrogens with zero attached hydrogens (tertiary/aromatic N) is 4. The summed E-state index contributed by atoms with van der Waals surface area (Å²) in [5.41, 5.74) is 10.7. The molecule has 0 aliphatic carbocycles. The van der Waals surface area contributed by atoms with Crippen molar-refractivity contribution in [2.24, 2.45) is 5.73 Å². The number of hydrogen-bond acceptors (Lipinski definition) is 6. The summed E-state index contributed by atoms with van der Waals surface area (Å²) in [7, 11) is 0. The third-order valence-electron chi connectivity index (χ3n) is 6.47. The summed E-state index contributed by atoms with van der Waals surface area (Å²) in [5, 5.41) is 6.89. The van der Waals surface area contributed by atoms with Crippen molar-refractivity contribution in [3.05, 3.63) is 65.5 Å². The first kappa shape index (κ1) is 20.7. The number of H-pyrrole nitrogens is 1. The van der Waals surface area contributed by atoms with Crippen molar-refractivity contribution in [3.63, 3.8) is 0 Å². The third kappa shape index (κ3) is 4.37. The molecular formula is C24H28N6O2. The minimum Gasteiger partial charge on any atom is -0.373 e. The molecule has 0 spiro atoms. The van der Waals surface area contributed by atoms with Crippen LogP contribution in [0.15, 0.2) is 48.8 Å². The fraction of sp³-hybridized carbons (Fsp3) is 0.375. The van der Waals surface area contributed by atoms with Crippen LogP contribution in [-0.4, -0.2) is 65.3 Å². The quantitative estimate of drug-likeness (QED) is 0.620. The van der Waals surface area contributed by atoms with E-state index in [1.807, 2.05) is 12.1 Å². The van der Waals surface area contributed by atoms with E-state index >= 15 is 0 Å². The number of nitrogens with two attached hydrogens (primary N) is 1. The second-order valence-electron chi connectivity index (χ2n) is 8.39. The molecule has 2 aliphatic heterocycles. The van der Waals surface area contributed by atoms with Crippen LogP contribution in [0.3, 0.4) is 0 Å². The van der Waals surface area contributed by atoms with Gasteiger partial charge in [-0.2, -0.15) is 5.10 Å². The van der Waals surface area contributed by atoms with E-state index in [2.05, 4.69) is 43.2 Å². The highest BCUT2D eigenvalue weighted by atomic mass is 16.5. The lowest BCUT2D eigenvalue weighted by atomic mass is 9.93. The summed E-state index contributed by atoms with van der Waals surface area (Å²) in [6.45, 7) is 5.75. The summed E-state index contributed by atoms with van der Waals surface area (Å²) < 4.78 is 6.14. The molecule has 0 bridgehead atoms. The number of hydrogen-bond donors (Lipinski definition) is 2. The standard InChI is InChI=1S/C24H28N6O2/c25-23(31)17-1-4-20(5-2-17)30-12-10-29(11-13-30)9-7-22-21-6-3-19(24-26-16-27-28-24)15-18(21)8-14-32-22/h1-6,15-16,22H,7-14H2,(H2,25,31)(H,26,27,28). The molecule has 1 amide bonds. The number of fused-ring (bicyclic) bond motifs is 1. The highest BCUT2D eigenvalue weighted by Crippen LogP contribution is 2.32. The van der Waals surface area contributed by atoms with Crippen molar-refractivity contribution in [2.45, 2.75) is 18.9 Å². The molecule has 8 heteroatoms. The van der Waals surface area contributed by atoms with E-state index in [1.165, 1.54) is 17.5 Å². The molecule has 0 saturated carbocycles. The fourth-order valence-electron chi connectivity index (χ4n) is 4.63. The molecule has 1 fully saturated rings. The van der Waals surface area contributed by atoms with Crippen LogP contribution in [0.4, 0.5) is 5.69 Å². The lowest BCUT2D eigenvalue weighted by Gasteiger charge is -2.37. The van der Waals surface area contributed by atoms with Gasteiger partial charge in [0, 0.05) is 49.5 Å². The molecule has 1 aromatic heterocycles. The molecule has 0 radical (unpaired) electrons. The number of amides is 1. The van der Waals surface area contributed by atoms with Gasteiger partial charge in [0.15, 0.2) is 5.82 Å². The van der Waals surface area contributed by atoms with Gasteiger partial charge in [-0.1, -0.05) is 12.1 Å². The number of ether oxygens (including phenoxy) is 1. The van der Waals surface area contributed by atoms with Gasteiger partial charge in [-0.15, -0.1) is 0 Å². The number of piperazine rings is 1. The number of aromatic amines is 1. The maximum Gasteiger partial charge on any atom is 0.248 e. The van der Waals surface area contributed by atoms with Crippen LogP contribution < -0.4 is 10.6 Å². The van der Waals surface area contributed by atoms with Crippen LogP contribution in [0.2, 0.25) is 0 Å². The van der Waals surface area contributed by atoms with Crippen LogP contribution in [-0.2, 0) is 11.2 Å². The van der Waals surface area contributed by atoms with Gasteiger partial charge in [0.05, 0.1) is 12.7 Å². The Kier molecular flexibility index (Phi) is 5.87. The van der Waals surface area contributed by atoms with Gasteiger partial charge in [0.2, 0.25) is 5.91 Å². The Labute approximate surface area is 187 Å². The van der Waals surface area contributed by atoms with Crippen LogP contribution in [0, 0.1) is 0 Å².